The Labute approximate surface area is 118 Å². The fourth-order valence-electron chi connectivity index (χ4n) is 2.27. The van der Waals surface area contributed by atoms with Crippen molar-refractivity contribution in [1.82, 2.24) is 15.1 Å². The Bertz CT molecular complexity index is 361. The van der Waals surface area contributed by atoms with Gasteiger partial charge in [0.1, 0.15) is 0 Å². The largest absolute Gasteiger partial charge is 0.374 e. The second-order valence-electron chi connectivity index (χ2n) is 4.59. The van der Waals surface area contributed by atoms with Crippen LogP contribution in [0, 0.1) is 0 Å². The van der Waals surface area contributed by atoms with Crippen molar-refractivity contribution >= 4 is 15.9 Å². The van der Waals surface area contributed by atoms with Gasteiger partial charge in [-0.05, 0) is 42.7 Å². The highest BCUT2D eigenvalue weighted by molar-refractivity contribution is 9.10. The average molecular weight is 318 g/mol. The lowest BCUT2D eigenvalue weighted by molar-refractivity contribution is -0.0579. The zero-order chi connectivity index (χ0) is 13.8. The lowest BCUT2D eigenvalue weighted by Gasteiger charge is -2.37. The maximum Gasteiger partial charge on any atom is 0.0861 e. The van der Waals surface area contributed by atoms with Crippen LogP contribution in [-0.4, -0.2) is 28.5 Å². The van der Waals surface area contributed by atoms with E-state index in [2.05, 4.69) is 47.1 Å². The second kappa shape index (κ2) is 6.68. The van der Waals surface area contributed by atoms with Crippen LogP contribution in [-0.2, 0) is 11.8 Å². The summed E-state index contributed by atoms with van der Waals surface area (Å²) >= 11 is 3.58. The Morgan fingerprint density at radius 1 is 1.50 bits per heavy atom. The quantitative estimate of drug-likeness (QED) is 0.840. The number of ether oxygens (including phenoxy) is 1. The summed E-state index contributed by atoms with van der Waals surface area (Å²) in [5.41, 5.74) is 0.899. The molecule has 0 saturated carbocycles. The summed E-state index contributed by atoms with van der Waals surface area (Å²) in [5, 5.41) is 7.83. The zero-order valence-electron chi connectivity index (χ0n) is 12.0. The molecule has 0 radical (unpaired) electrons. The van der Waals surface area contributed by atoms with Gasteiger partial charge in [-0.15, -0.1) is 0 Å². The van der Waals surface area contributed by atoms with Crippen molar-refractivity contribution in [2.45, 2.75) is 45.8 Å². The highest BCUT2D eigenvalue weighted by Gasteiger charge is 2.36. The third-order valence-corrected chi connectivity index (χ3v) is 4.02. The minimum atomic E-state index is -0.235. The van der Waals surface area contributed by atoms with Gasteiger partial charge in [0.05, 0.1) is 28.0 Å². The standard InChI is InChI=1S/C13H24BrN3O/c1-6-13(4,18-8-3)12(15-7-2)11-10(14)9-16-17(11)5/h9,12,15H,6-8H2,1-5H3. The Kier molecular flexibility index (Phi) is 5.82. The number of aryl methyl sites for hydroxylation is 1. The fraction of sp³-hybridized carbons (Fsp3) is 0.769. The first-order valence-corrected chi connectivity index (χ1v) is 7.34. The average Bonchev–Trinajstić information content (AvgIpc) is 2.66. The van der Waals surface area contributed by atoms with E-state index >= 15 is 0 Å². The highest BCUT2D eigenvalue weighted by Crippen LogP contribution is 2.35. The van der Waals surface area contributed by atoms with E-state index in [-0.39, 0.29) is 11.6 Å². The van der Waals surface area contributed by atoms with Gasteiger partial charge in [0.25, 0.3) is 0 Å². The Morgan fingerprint density at radius 2 is 2.17 bits per heavy atom. The maximum atomic E-state index is 6.00. The van der Waals surface area contributed by atoms with Crippen LogP contribution in [0.3, 0.4) is 0 Å². The van der Waals surface area contributed by atoms with Crippen LogP contribution in [0.2, 0.25) is 0 Å². The molecule has 0 saturated heterocycles. The number of halogens is 1. The lowest BCUT2D eigenvalue weighted by Crippen LogP contribution is -2.44. The van der Waals surface area contributed by atoms with Crippen molar-refractivity contribution in [3.63, 3.8) is 0 Å². The van der Waals surface area contributed by atoms with Gasteiger partial charge in [0, 0.05) is 13.7 Å². The molecule has 2 unspecified atom stereocenters. The molecule has 1 N–H and O–H groups in total. The number of rotatable bonds is 7. The smallest absolute Gasteiger partial charge is 0.0861 e. The Balaban J connectivity index is 3.16. The first kappa shape index (κ1) is 15.7. The van der Waals surface area contributed by atoms with E-state index in [1.807, 2.05) is 24.9 Å². The Morgan fingerprint density at radius 3 is 2.56 bits per heavy atom. The van der Waals surface area contributed by atoms with Crippen molar-refractivity contribution in [2.24, 2.45) is 7.05 Å². The SMILES string of the molecule is CCNC(c1c(Br)cnn1C)C(C)(CC)OCC. The van der Waals surface area contributed by atoms with Crippen LogP contribution < -0.4 is 5.32 Å². The van der Waals surface area contributed by atoms with Gasteiger partial charge in [0.2, 0.25) is 0 Å². The van der Waals surface area contributed by atoms with Gasteiger partial charge < -0.3 is 10.1 Å². The maximum absolute atomic E-state index is 6.00. The molecule has 1 rings (SSSR count). The molecule has 2 atom stereocenters. The molecule has 18 heavy (non-hydrogen) atoms. The predicted octanol–water partition coefficient (Wildman–Crippen LogP) is 3.04. The van der Waals surface area contributed by atoms with E-state index in [4.69, 9.17) is 4.74 Å². The molecular formula is C13H24BrN3O. The first-order chi connectivity index (χ1) is 8.50. The van der Waals surface area contributed by atoms with E-state index in [1.165, 1.54) is 0 Å². The van der Waals surface area contributed by atoms with Crippen LogP contribution in [0.4, 0.5) is 0 Å². The van der Waals surface area contributed by atoms with Crippen LogP contribution in [0.25, 0.3) is 0 Å². The summed E-state index contributed by atoms with van der Waals surface area (Å²) in [6.07, 6.45) is 2.78. The third kappa shape index (κ3) is 3.13. The number of hydrogen-bond acceptors (Lipinski definition) is 3. The second-order valence-corrected chi connectivity index (χ2v) is 5.45. The summed E-state index contributed by atoms with van der Waals surface area (Å²) in [5.74, 6) is 0. The van der Waals surface area contributed by atoms with Crippen LogP contribution >= 0.6 is 15.9 Å². The summed E-state index contributed by atoms with van der Waals surface area (Å²) < 4.78 is 8.93. The first-order valence-electron chi connectivity index (χ1n) is 6.54. The van der Waals surface area contributed by atoms with Crippen molar-refractivity contribution in [3.8, 4) is 0 Å². The molecule has 0 aromatic carbocycles. The normalized spacial score (nSPS) is 16.6. The predicted molar refractivity (Wildman–Crippen MR) is 77.6 cm³/mol. The van der Waals surface area contributed by atoms with Gasteiger partial charge in [-0.1, -0.05) is 13.8 Å². The molecule has 0 aliphatic carbocycles. The van der Waals surface area contributed by atoms with Gasteiger partial charge in [-0.25, -0.2) is 0 Å². The summed E-state index contributed by atoms with van der Waals surface area (Å²) in [6.45, 7) is 10.1. The number of nitrogens with one attached hydrogen (secondary N) is 1. The molecule has 0 amide bonds. The molecule has 0 spiro atoms. The third-order valence-electron chi connectivity index (χ3n) is 3.41. The van der Waals surface area contributed by atoms with Crippen LogP contribution in [0.1, 0.15) is 45.9 Å². The van der Waals surface area contributed by atoms with Gasteiger partial charge in [-0.3, -0.25) is 4.68 Å². The number of hydrogen-bond donors (Lipinski definition) is 1. The minimum Gasteiger partial charge on any atom is -0.374 e. The molecule has 104 valence electrons. The van der Waals surface area contributed by atoms with E-state index in [9.17, 15) is 0 Å². The highest BCUT2D eigenvalue weighted by atomic mass is 79.9. The summed E-state index contributed by atoms with van der Waals surface area (Å²) in [7, 11) is 1.96. The van der Waals surface area contributed by atoms with E-state index in [0.29, 0.717) is 6.61 Å². The molecule has 0 fully saturated rings. The molecule has 0 bridgehead atoms. The molecule has 0 aliphatic rings. The fourth-order valence-corrected chi connectivity index (χ4v) is 2.85. The van der Waals surface area contributed by atoms with Gasteiger partial charge in [-0.2, -0.15) is 5.10 Å². The van der Waals surface area contributed by atoms with Crippen LogP contribution in [0.5, 0.6) is 0 Å². The number of nitrogens with zero attached hydrogens (tertiary/aromatic N) is 2. The van der Waals surface area contributed by atoms with E-state index < -0.39 is 0 Å². The molecule has 1 aromatic rings. The molecule has 0 aliphatic heterocycles. The van der Waals surface area contributed by atoms with Crippen molar-refractivity contribution in [1.29, 1.82) is 0 Å². The van der Waals surface area contributed by atoms with Gasteiger partial charge in [0.15, 0.2) is 0 Å². The summed E-state index contributed by atoms with van der Waals surface area (Å²) in [4.78, 5) is 0. The van der Waals surface area contributed by atoms with Crippen molar-refractivity contribution < 1.29 is 4.74 Å². The Hall–Kier alpha value is -0.390. The molecule has 1 aromatic heterocycles. The molecule has 4 nitrogen and oxygen atoms in total. The minimum absolute atomic E-state index is 0.120. The topological polar surface area (TPSA) is 39.1 Å². The van der Waals surface area contributed by atoms with Crippen molar-refractivity contribution in [3.05, 3.63) is 16.4 Å². The lowest BCUT2D eigenvalue weighted by atomic mass is 9.90. The molecule has 1 heterocycles. The van der Waals surface area contributed by atoms with E-state index in [0.717, 1.165) is 23.1 Å². The zero-order valence-corrected chi connectivity index (χ0v) is 13.5. The number of aromatic nitrogens is 2. The number of likely N-dealkylation sites (N-methyl/N-ethyl adjacent to an activating group) is 1. The molecular weight excluding hydrogens is 294 g/mol. The van der Waals surface area contributed by atoms with Gasteiger partial charge >= 0.3 is 0 Å². The molecule has 5 heteroatoms. The monoisotopic (exact) mass is 317 g/mol. The van der Waals surface area contributed by atoms with Crippen LogP contribution in [0.15, 0.2) is 10.7 Å². The summed E-state index contributed by atoms with van der Waals surface area (Å²) in [6, 6.07) is 0.120. The van der Waals surface area contributed by atoms with Crippen molar-refractivity contribution in [2.75, 3.05) is 13.2 Å². The van der Waals surface area contributed by atoms with E-state index in [1.54, 1.807) is 0 Å².